The van der Waals surface area contributed by atoms with Gasteiger partial charge >= 0.3 is 0 Å². The van der Waals surface area contributed by atoms with Crippen LogP contribution < -0.4 is 0 Å². The molecule has 0 bridgehead atoms. The number of nitriles is 1. The maximum Gasteiger partial charge on any atom is 0.166 e. The van der Waals surface area contributed by atoms with E-state index < -0.39 is 0 Å². The lowest BCUT2D eigenvalue weighted by molar-refractivity contribution is 1.06. The van der Waals surface area contributed by atoms with E-state index in [0.717, 1.165) is 99.5 Å². The Hall–Kier alpha value is -9.70. The van der Waals surface area contributed by atoms with Crippen LogP contribution in [0.1, 0.15) is 27.8 Å². The molecule has 13 rings (SSSR count). The molecule has 0 fully saturated rings. The highest BCUT2D eigenvalue weighted by Gasteiger charge is 2.30. The molecule has 0 saturated heterocycles. The first kappa shape index (κ1) is 44.3. The largest absolute Gasteiger partial charge is 0.308 e. The van der Waals surface area contributed by atoms with Gasteiger partial charge in [0.1, 0.15) is 6.07 Å². The second-order valence-corrected chi connectivity index (χ2v) is 19.4. The molecule has 6 nitrogen and oxygen atoms in total. The summed E-state index contributed by atoms with van der Waals surface area (Å²) >= 11 is 0. The topological polar surface area (TPSA) is 72.3 Å². The first-order chi connectivity index (χ1) is 36.3. The molecular weight excluding hydrogens is 901 g/mol. The van der Waals surface area contributed by atoms with Crippen molar-refractivity contribution in [1.29, 1.82) is 5.26 Å². The molecule has 0 amide bonds. The molecule has 74 heavy (non-hydrogen) atoms. The van der Waals surface area contributed by atoms with Crippen molar-refractivity contribution < 1.29 is 0 Å². The van der Waals surface area contributed by atoms with Gasteiger partial charge in [0.05, 0.1) is 39.0 Å². The SMILES string of the molecule is Cc1ccc2c(c1)c1cc(-c3ccccc3C)ccc1n2-c1c(C#N)cc(-c2nc(-c3ccccc3)nc(-c3ccccc3)n2)c(-n2c3ccc(C)cc3c3cc(-c4ccccc4C)ccc32)c1-c1ccccc1. The Kier molecular flexibility index (Phi) is 10.7. The van der Waals surface area contributed by atoms with Crippen LogP contribution in [0.4, 0.5) is 0 Å². The van der Waals surface area contributed by atoms with Gasteiger partial charge in [-0.15, -0.1) is 0 Å². The molecule has 0 atom stereocenters. The molecule has 3 heterocycles. The quantitative estimate of drug-likeness (QED) is 0.152. The summed E-state index contributed by atoms with van der Waals surface area (Å²) in [6.45, 7) is 8.64. The number of fused-ring (bicyclic) bond motifs is 6. The molecule has 6 heteroatoms. The Morgan fingerprint density at radius 2 is 0.730 bits per heavy atom. The van der Waals surface area contributed by atoms with E-state index in [1.807, 2.05) is 66.7 Å². The molecule has 0 radical (unpaired) electrons. The molecule has 10 aromatic carbocycles. The van der Waals surface area contributed by atoms with Crippen LogP contribution in [0.15, 0.2) is 218 Å². The molecule has 0 saturated carbocycles. The van der Waals surface area contributed by atoms with Crippen molar-refractivity contribution in [3.63, 3.8) is 0 Å². The van der Waals surface area contributed by atoms with E-state index in [2.05, 4.69) is 195 Å². The Labute approximate surface area is 429 Å². The average Bonchev–Trinajstić information content (AvgIpc) is 3.94. The third kappa shape index (κ3) is 7.36. The lowest BCUT2D eigenvalue weighted by Crippen LogP contribution is -2.10. The van der Waals surface area contributed by atoms with E-state index in [0.29, 0.717) is 28.6 Å². The van der Waals surface area contributed by atoms with Crippen molar-refractivity contribution in [2.45, 2.75) is 27.7 Å². The first-order valence-electron chi connectivity index (χ1n) is 25.1. The molecule has 13 aromatic rings. The van der Waals surface area contributed by atoms with Crippen molar-refractivity contribution in [3.05, 3.63) is 246 Å². The van der Waals surface area contributed by atoms with E-state index in [4.69, 9.17) is 15.0 Å². The van der Waals surface area contributed by atoms with Gasteiger partial charge in [0.2, 0.25) is 0 Å². The Balaban J connectivity index is 1.23. The molecule has 0 spiro atoms. The van der Waals surface area contributed by atoms with Crippen LogP contribution in [0.3, 0.4) is 0 Å². The highest BCUT2D eigenvalue weighted by molar-refractivity contribution is 6.14. The van der Waals surface area contributed by atoms with Gasteiger partial charge in [-0.1, -0.05) is 175 Å². The number of hydrogen-bond donors (Lipinski definition) is 0. The fourth-order valence-electron chi connectivity index (χ4n) is 11.1. The van der Waals surface area contributed by atoms with Gasteiger partial charge in [-0.2, -0.15) is 5.26 Å². The van der Waals surface area contributed by atoms with Gasteiger partial charge in [-0.3, -0.25) is 0 Å². The molecule has 0 N–H and O–H groups in total. The Morgan fingerprint density at radius 3 is 1.19 bits per heavy atom. The molecule has 0 unspecified atom stereocenters. The van der Waals surface area contributed by atoms with E-state index >= 15 is 0 Å². The zero-order chi connectivity index (χ0) is 50.0. The Morgan fingerprint density at radius 1 is 0.338 bits per heavy atom. The summed E-state index contributed by atoms with van der Waals surface area (Å²) in [6, 6.07) is 79.6. The van der Waals surface area contributed by atoms with Gasteiger partial charge in [0, 0.05) is 43.8 Å². The highest BCUT2D eigenvalue weighted by atomic mass is 15.1. The van der Waals surface area contributed by atoms with Gasteiger partial charge in [0.15, 0.2) is 17.5 Å². The van der Waals surface area contributed by atoms with Crippen molar-refractivity contribution in [3.8, 4) is 85.0 Å². The monoisotopic (exact) mass is 948 g/mol. The van der Waals surface area contributed by atoms with Crippen molar-refractivity contribution >= 4 is 43.6 Å². The summed E-state index contributed by atoms with van der Waals surface area (Å²) in [6.07, 6.45) is 0. The summed E-state index contributed by atoms with van der Waals surface area (Å²) < 4.78 is 4.73. The molecule has 0 aliphatic carbocycles. The Bertz CT molecular complexity index is 4350. The maximum atomic E-state index is 11.9. The number of benzene rings is 10. The van der Waals surface area contributed by atoms with Crippen LogP contribution in [0.2, 0.25) is 0 Å². The van der Waals surface area contributed by atoms with Crippen LogP contribution in [0, 0.1) is 39.0 Å². The third-order valence-electron chi connectivity index (χ3n) is 14.6. The second kappa shape index (κ2) is 17.9. The van der Waals surface area contributed by atoms with Gasteiger partial charge in [0.25, 0.3) is 0 Å². The molecular formula is C68H48N6. The minimum Gasteiger partial charge on any atom is -0.308 e. The van der Waals surface area contributed by atoms with E-state index in [9.17, 15) is 5.26 Å². The number of hydrogen-bond acceptors (Lipinski definition) is 4. The van der Waals surface area contributed by atoms with E-state index in [1.165, 1.54) is 22.3 Å². The van der Waals surface area contributed by atoms with Crippen molar-refractivity contribution in [1.82, 2.24) is 24.1 Å². The molecule has 3 aromatic heterocycles. The summed E-state index contributed by atoms with van der Waals surface area (Å²) in [4.78, 5) is 16.0. The van der Waals surface area contributed by atoms with Gasteiger partial charge in [-0.25, -0.2) is 15.0 Å². The number of rotatable bonds is 8. The minimum absolute atomic E-state index is 0.451. The van der Waals surface area contributed by atoms with Crippen LogP contribution in [-0.2, 0) is 0 Å². The van der Waals surface area contributed by atoms with Crippen LogP contribution in [-0.4, -0.2) is 24.1 Å². The lowest BCUT2D eigenvalue weighted by atomic mass is 9.92. The molecule has 0 aliphatic rings. The average molecular weight is 949 g/mol. The zero-order valence-electron chi connectivity index (χ0n) is 41.5. The predicted octanol–water partition coefficient (Wildman–Crippen LogP) is 17.2. The van der Waals surface area contributed by atoms with Crippen LogP contribution in [0.25, 0.3) is 123 Å². The fourth-order valence-corrected chi connectivity index (χ4v) is 11.1. The predicted molar refractivity (Wildman–Crippen MR) is 305 cm³/mol. The summed E-state index contributed by atoms with van der Waals surface area (Å²) in [5.41, 5.74) is 19.7. The fraction of sp³-hybridized carbons (Fsp3) is 0.0588. The second-order valence-electron chi connectivity index (χ2n) is 19.4. The number of aryl methyl sites for hydroxylation is 4. The van der Waals surface area contributed by atoms with Crippen LogP contribution in [0.5, 0.6) is 0 Å². The van der Waals surface area contributed by atoms with Crippen molar-refractivity contribution in [2.75, 3.05) is 0 Å². The van der Waals surface area contributed by atoms with E-state index in [1.54, 1.807) is 0 Å². The third-order valence-corrected chi connectivity index (χ3v) is 14.6. The molecule has 0 aliphatic heterocycles. The summed E-state index contributed by atoms with van der Waals surface area (Å²) in [7, 11) is 0. The maximum absolute atomic E-state index is 11.9. The van der Waals surface area contributed by atoms with Crippen LogP contribution >= 0.6 is 0 Å². The lowest BCUT2D eigenvalue weighted by Gasteiger charge is -2.24. The first-order valence-corrected chi connectivity index (χ1v) is 25.1. The van der Waals surface area contributed by atoms with Crippen molar-refractivity contribution in [2.24, 2.45) is 0 Å². The standard InChI is InChI=1S/C68H48N6/c1-42-28-32-59-54(36-42)56-38-49(52-26-16-14-18-44(52)3)30-34-61(56)73(59)64-51(41-69)40-58(68-71-66(47-22-10-6-11-23-47)70-67(72-68)48-24-12-7-13-25-48)65(63(64)46-20-8-5-9-21-46)74-60-33-29-43(2)37-55(60)57-39-50(31-35-62(57)74)53-27-17-15-19-45(53)4/h5-40H,1-4H3. The smallest absolute Gasteiger partial charge is 0.166 e. The number of aromatic nitrogens is 5. The van der Waals surface area contributed by atoms with Gasteiger partial charge in [-0.05, 0) is 121 Å². The zero-order valence-corrected chi connectivity index (χ0v) is 41.5. The summed E-state index contributed by atoms with van der Waals surface area (Å²) in [5, 5.41) is 16.3. The molecule has 350 valence electrons. The minimum atomic E-state index is 0.451. The normalized spacial score (nSPS) is 11.5. The highest BCUT2D eigenvalue weighted by Crippen LogP contribution is 2.48. The number of nitrogens with zero attached hydrogens (tertiary/aromatic N) is 6. The van der Waals surface area contributed by atoms with Gasteiger partial charge < -0.3 is 9.13 Å². The van der Waals surface area contributed by atoms with E-state index in [-0.39, 0.29) is 0 Å². The summed E-state index contributed by atoms with van der Waals surface area (Å²) in [5.74, 6) is 1.52.